The number of ketones is 1. The van der Waals surface area contributed by atoms with Crippen LogP contribution in [0.25, 0.3) is 0 Å². The van der Waals surface area contributed by atoms with Crippen LogP contribution in [0.15, 0.2) is 30.3 Å². The van der Waals surface area contributed by atoms with Crippen LogP contribution in [0, 0.1) is 0 Å². The van der Waals surface area contributed by atoms with E-state index in [2.05, 4.69) is 12.2 Å². The van der Waals surface area contributed by atoms with Crippen LogP contribution in [0.3, 0.4) is 0 Å². The van der Waals surface area contributed by atoms with Crippen molar-refractivity contribution in [1.82, 2.24) is 5.32 Å². The highest BCUT2D eigenvalue weighted by Gasteiger charge is 2.13. The van der Waals surface area contributed by atoms with Crippen LogP contribution >= 0.6 is 0 Å². The first kappa shape index (κ1) is 11.9. The first-order valence-corrected chi connectivity index (χ1v) is 5.58. The van der Waals surface area contributed by atoms with Crippen molar-refractivity contribution in [2.45, 2.75) is 32.7 Å². The molecule has 1 N–H and O–H groups in total. The van der Waals surface area contributed by atoms with Crippen LogP contribution in [0.1, 0.15) is 37.0 Å². The Labute approximate surface area is 91.7 Å². The molecule has 0 aromatic heterocycles. The van der Waals surface area contributed by atoms with Gasteiger partial charge >= 0.3 is 0 Å². The van der Waals surface area contributed by atoms with Crippen LogP contribution < -0.4 is 5.32 Å². The monoisotopic (exact) mass is 205 g/mol. The molecule has 0 saturated heterocycles. The minimum atomic E-state index is -0.0843. The summed E-state index contributed by atoms with van der Waals surface area (Å²) in [5, 5.41) is 3.23. The molecule has 0 saturated carbocycles. The van der Waals surface area contributed by atoms with Crippen molar-refractivity contribution in [1.29, 1.82) is 0 Å². The second-order valence-corrected chi connectivity index (χ2v) is 3.76. The normalized spacial score (nSPS) is 12.4. The molecule has 1 aromatic carbocycles. The summed E-state index contributed by atoms with van der Waals surface area (Å²) < 4.78 is 0. The van der Waals surface area contributed by atoms with Gasteiger partial charge in [0.1, 0.15) is 0 Å². The largest absolute Gasteiger partial charge is 0.307 e. The van der Waals surface area contributed by atoms with Gasteiger partial charge in [-0.05, 0) is 19.9 Å². The highest BCUT2D eigenvalue weighted by atomic mass is 16.1. The summed E-state index contributed by atoms with van der Waals surface area (Å²) in [7, 11) is 0. The van der Waals surface area contributed by atoms with Gasteiger partial charge in [0.05, 0.1) is 6.04 Å². The average molecular weight is 205 g/mol. The number of carbonyl (C=O) groups is 1. The molecule has 0 bridgehead atoms. The Hall–Kier alpha value is -1.15. The summed E-state index contributed by atoms with van der Waals surface area (Å²) in [5.41, 5.74) is 0.786. The number of Topliss-reactive ketones (excluding diaryl/α,β-unsaturated/α-hetero) is 1. The Morgan fingerprint density at radius 1 is 1.33 bits per heavy atom. The third-order valence-electron chi connectivity index (χ3n) is 2.43. The molecule has 1 unspecified atom stereocenters. The van der Waals surface area contributed by atoms with Crippen molar-refractivity contribution < 1.29 is 4.79 Å². The van der Waals surface area contributed by atoms with E-state index >= 15 is 0 Å². The van der Waals surface area contributed by atoms with Crippen molar-refractivity contribution in [3.05, 3.63) is 35.9 Å². The topological polar surface area (TPSA) is 29.1 Å². The van der Waals surface area contributed by atoms with Gasteiger partial charge in [-0.2, -0.15) is 0 Å². The lowest BCUT2D eigenvalue weighted by atomic mass is 10.1. The minimum Gasteiger partial charge on any atom is -0.307 e. The molecule has 82 valence electrons. The average Bonchev–Trinajstić information content (AvgIpc) is 2.29. The van der Waals surface area contributed by atoms with Crippen LogP contribution in [-0.2, 0) is 0 Å². The van der Waals surface area contributed by atoms with Crippen LogP contribution in [0.4, 0.5) is 0 Å². The summed E-state index contributed by atoms with van der Waals surface area (Å²) in [5.74, 6) is 0.173. The lowest BCUT2D eigenvalue weighted by molar-refractivity contribution is 0.0951. The van der Waals surface area contributed by atoms with Crippen LogP contribution in [-0.4, -0.2) is 18.4 Å². The lowest BCUT2D eigenvalue weighted by Gasteiger charge is -2.12. The molecule has 0 aliphatic carbocycles. The number of unbranched alkanes of at least 4 members (excludes halogenated alkanes) is 1. The predicted molar refractivity (Wildman–Crippen MR) is 63.1 cm³/mol. The molecule has 0 amide bonds. The summed E-state index contributed by atoms with van der Waals surface area (Å²) in [6, 6.07) is 9.35. The highest BCUT2D eigenvalue weighted by Crippen LogP contribution is 2.03. The molecule has 0 spiro atoms. The van der Waals surface area contributed by atoms with Crippen molar-refractivity contribution in [3.63, 3.8) is 0 Å². The zero-order valence-electron chi connectivity index (χ0n) is 9.49. The number of hydrogen-bond acceptors (Lipinski definition) is 2. The zero-order chi connectivity index (χ0) is 11.1. The summed E-state index contributed by atoms with van der Waals surface area (Å²) in [6.07, 6.45) is 2.27. The Kier molecular flexibility index (Phi) is 5.05. The summed E-state index contributed by atoms with van der Waals surface area (Å²) >= 11 is 0. The van der Waals surface area contributed by atoms with E-state index in [0.29, 0.717) is 0 Å². The molecule has 1 aromatic rings. The van der Waals surface area contributed by atoms with Crippen LogP contribution in [0.2, 0.25) is 0 Å². The lowest BCUT2D eigenvalue weighted by Crippen LogP contribution is -2.34. The van der Waals surface area contributed by atoms with Gasteiger partial charge in [0.15, 0.2) is 5.78 Å². The molecule has 1 atom stereocenters. The van der Waals surface area contributed by atoms with Gasteiger partial charge in [0, 0.05) is 5.56 Å². The molecule has 1 rings (SSSR count). The van der Waals surface area contributed by atoms with Crippen molar-refractivity contribution >= 4 is 5.78 Å². The molecular formula is C13H19NO. The zero-order valence-corrected chi connectivity index (χ0v) is 9.49. The van der Waals surface area contributed by atoms with E-state index in [1.807, 2.05) is 37.3 Å². The maximum absolute atomic E-state index is 11.9. The molecule has 15 heavy (non-hydrogen) atoms. The Bertz CT molecular complexity index is 295. The molecule has 0 heterocycles. The minimum absolute atomic E-state index is 0.0843. The van der Waals surface area contributed by atoms with E-state index in [0.717, 1.165) is 24.9 Å². The third-order valence-corrected chi connectivity index (χ3v) is 2.43. The number of hydrogen-bond donors (Lipinski definition) is 1. The summed E-state index contributed by atoms with van der Waals surface area (Å²) in [4.78, 5) is 11.9. The first-order valence-electron chi connectivity index (χ1n) is 5.58. The van der Waals surface area contributed by atoms with Gasteiger partial charge in [0.25, 0.3) is 0 Å². The van der Waals surface area contributed by atoms with Crippen molar-refractivity contribution in [3.8, 4) is 0 Å². The Morgan fingerprint density at radius 3 is 2.60 bits per heavy atom. The fourth-order valence-electron chi connectivity index (χ4n) is 1.44. The predicted octanol–water partition coefficient (Wildman–Crippen LogP) is 2.65. The smallest absolute Gasteiger partial charge is 0.179 e. The van der Waals surface area contributed by atoms with E-state index < -0.39 is 0 Å². The van der Waals surface area contributed by atoms with Crippen molar-refractivity contribution in [2.75, 3.05) is 6.54 Å². The SMILES string of the molecule is CCCCNC(C)C(=O)c1ccccc1. The quantitative estimate of drug-likeness (QED) is 0.571. The van der Waals surface area contributed by atoms with Gasteiger partial charge in [-0.3, -0.25) is 4.79 Å². The van der Waals surface area contributed by atoms with Crippen LogP contribution in [0.5, 0.6) is 0 Å². The molecule has 2 heteroatoms. The van der Waals surface area contributed by atoms with E-state index in [1.165, 1.54) is 0 Å². The third kappa shape index (κ3) is 3.84. The van der Waals surface area contributed by atoms with Gasteiger partial charge in [-0.25, -0.2) is 0 Å². The van der Waals surface area contributed by atoms with Gasteiger partial charge in [-0.1, -0.05) is 43.7 Å². The molecule has 0 radical (unpaired) electrons. The van der Waals surface area contributed by atoms with E-state index in [9.17, 15) is 4.79 Å². The number of benzene rings is 1. The second kappa shape index (κ2) is 6.36. The van der Waals surface area contributed by atoms with E-state index in [-0.39, 0.29) is 11.8 Å². The fourth-order valence-corrected chi connectivity index (χ4v) is 1.44. The number of rotatable bonds is 6. The Morgan fingerprint density at radius 2 is 2.00 bits per heavy atom. The Balaban J connectivity index is 2.46. The molecule has 0 aliphatic heterocycles. The number of nitrogens with one attached hydrogen (secondary N) is 1. The molecule has 0 fully saturated rings. The summed E-state index contributed by atoms with van der Waals surface area (Å²) in [6.45, 7) is 4.98. The standard InChI is InChI=1S/C13H19NO/c1-3-4-10-14-11(2)13(15)12-8-6-5-7-9-12/h5-9,11,14H,3-4,10H2,1-2H3. The molecular weight excluding hydrogens is 186 g/mol. The molecule has 0 aliphatic rings. The highest BCUT2D eigenvalue weighted by molar-refractivity contribution is 5.99. The van der Waals surface area contributed by atoms with Crippen molar-refractivity contribution in [2.24, 2.45) is 0 Å². The van der Waals surface area contributed by atoms with E-state index in [4.69, 9.17) is 0 Å². The number of carbonyl (C=O) groups excluding carboxylic acids is 1. The maximum Gasteiger partial charge on any atom is 0.179 e. The van der Waals surface area contributed by atoms with Gasteiger partial charge < -0.3 is 5.32 Å². The molecule has 2 nitrogen and oxygen atoms in total. The maximum atomic E-state index is 11.9. The first-order chi connectivity index (χ1) is 7.25. The van der Waals surface area contributed by atoms with Gasteiger partial charge in [0.2, 0.25) is 0 Å². The second-order valence-electron chi connectivity index (χ2n) is 3.76. The van der Waals surface area contributed by atoms with Gasteiger partial charge in [-0.15, -0.1) is 0 Å². The van der Waals surface area contributed by atoms with E-state index in [1.54, 1.807) is 0 Å². The fraction of sp³-hybridized carbons (Fsp3) is 0.462.